The monoisotopic (exact) mass is 1290 g/mol. The summed E-state index contributed by atoms with van der Waals surface area (Å²) in [5.41, 5.74) is 23.2. The third-order valence-electron chi connectivity index (χ3n) is 13.0. The molecule has 90 heavy (non-hydrogen) atoms. The topological polar surface area (TPSA) is 556 Å². The molecular weight excluding hydrogens is 1200 g/mol. The van der Waals surface area contributed by atoms with Crippen LogP contribution in [0.5, 0.6) is 0 Å². The highest BCUT2D eigenvalue weighted by atomic mass is 16.6. The highest BCUT2D eigenvalue weighted by molar-refractivity contribution is 5.86. The number of hydrogen-bond acceptors (Lipinski definition) is 25. The third kappa shape index (κ3) is 26.5. The summed E-state index contributed by atoms with van der Waals surface area (Å²) in [5, 5.41) is 87.8. The molecule has 0 spiro atoms. The number of hydrogen-bond donors (Lipinski definition) is 14. The maximum atomic E-state index is 13.7. The number of aliphatic hydroxyl groups is 4. The number of guanidine groups is 2. The van der Waals surface area contributed by atoms with Gasteiger partial charge in [-0.05, 0) is 18.6 Å². The molecule has 0 radical (unpaired) electrons. The first-order valence-electron chi connectivity index (χ1n) is 28.7. The first-order chi connectivity index (χ1) is 43.0. The Morgan fingerprint density at radius 3 is 1.39 bits per heavy atom. The normalized spacial score (nSPS) is 19.2. The number of carbonyl (C=O) groups excluding carboxylic acids is 5. The van der Waals surface area contributed by atoms with E-state index in [0.29, 0.717) is 44.4 Å². The quantitative estimate of drug-likeness (QED) is 0.0166. The second-order valence-corrected chi connectivity index (χ2v) is 20.2. The fraction of sp³-hybridized carbons (Fsp3) is 0.673. The predicted molar refractivity (Wildman–Crippen MR) is 314 cm³/mol. The summed E-state index contributed by atoms with van der Waals surface area (Å²) in [4.78, 5) is 97.6. The van der Waals surface area contributed by atoms with E-state index in [1.165, 1.54) is 9.36 Å². The Bertz CT molecular complexity index is 2580. The van der Waals surface area contributed by atoms with Gasteiger partial charge in [-0.3, -0.25) is 33.3 Å². The Labute approximate surface area is 519 Å². The van der Waals surface area contributed by atoms with Gasteiger partial charge in [-0.25, -0.2) is 19.6 Å². The lowest BCUT2D eigenvalue weighted by Crippen LogP contribution is -2.60. The van der Waals surface area contributed by atoms with Crippen molar-refractivity contribution >= 4 is 53.4 Å². The number of aliphatic hydroxyl groups excluding tert-OH is 4. The van der Waals surface area contributed by atoms with Crippen molar-refractivity contribution in [2.24, 2.45) is 32.9 Å². The molecule has 2 aromatic heterocycles. The maximum absolute atomic E-state index is 13.7. The minimum Gasteiger partial charge on any atom is -0.478 e. The zero-order chi connectivity index (χ0) is 66.1. The summed E-state index contributed by atoms with van der Waals surface area (Å²) in [6, 6.07) is -4.86. The van der Waals surface area contributed by atoms with Gasteiger partial charge >= 0.3 is 11.9 Å². The van der Waals surface area contributed by atoms with Crippen LogP contribution in [0.3, 0.4) is 0 Å². The van der Waals surface area contributed by atoms with Gasteiger partial charge in [0.15, 0.2) is 24.1 Å². The van der Waals surface area contributed by atoms with Crippen LogP contribution in [0.4, 0.5) is 0 Å². The van der Waals surface area contributed by atoms with Crippen LogP contribution in [0.1, 0.15) is 47.9 Å². The van der Waals surface area contributed by atoms with Crippen LogP contribution in [0.15, 0.2) is 46.0 Å². The van der Waals surface area contributed by atoms with Crippen molar-refractivity contribution in [2.75, 3.05) is 105 Å². The van der Waals surface area contributed by atoms with E-state index in [1.807, 2.05) is 6.92 Å². The van der Waals surface area contributed by atoms with E-state index < -0.39 is 146 Å². The van der Waals surface area contributed by atoms with Crippen LogP contribution < -0.4 is 44.2 Å². The molecular formula is C52H89N17O21. The molecule has 0 saturated carbocycles. The largest absolute Gasteiger partial charge is 0.478 e. The van der Waals surface area contributed by atoms with Crippen LogP contribution in [0.2, 0.25) is 0 Å². The molecule has 4 heterocycles. The molecule has 38 nitrogen and oxygen atoms in total. The smallest absolute Gasteiger partial charge is 0.370 e. The average Bonchev–Trinajstić information content (AvgIpc) is 1.07. The van der Waals surface area contributed by atoms with Gasteiger partial charge in [0.2, 0.25) is 41.1 Å². The van der Waals surface area contributed by atoms with Gasteiger partial charge in [0.25, 0.3) is 0 Å². The number of nitrogens with zero attached hydrogens (tertiary/aromatic N) is 9. The second kappa shape index (κ2) is 39.7. The molecule has 0 saturated heterocycles. The van der Waals surface area contributed by atoms with Gasteiger partial charge < -0.3 is 118 Å². The second-order valence-electron chi connectivity index (χ2n) is 20.2. The molecule has 0 bridgehead atoms. The van der Waals surface area contributed by atoms with Gasteiger partial charge in [0, 0.05) is 74.7 Å². The SMILES string of the molecule is CCCOCCOCCOCCOCCC(=O)N(CCn1cc(CCNC(=O)CO[C@@H]([C@@H]2OC(C(=O)O)=C[C@H](N=C(N)N)[C@H]2NC(C)=O)[C@H](O)CO)nn1)CCn1cc(CCNC(=O)CO[C@@H]([C@@H]2OC(C(=O)O)=C[C@H](N=C(N)N)[C@H]2NC(C)=O)[C@H](O)CO)nn1.[HH].[HH]. The Morgan fingerprint density at radius 2 is 1.03 bits per heavy atom. The number of rotatable bonds is 44. The number of nitrogens with two attached hydrogens (primary N) is 4. The molecule has 5 amide bonds. The number of carboxylic acid groups (broad SMARTS) is 2. The summed E-state index contributed by atoms with van der Waals surface area (Å²) in [5.74, 6) is -8.11. The minimum atomic E-state index is -1.74. The summed E-state index contributed by atoms with van der Waals surface area (Å²) in [6.07, 6.45) is -3.06. The van der Waals surface area contributed by atoms with Gasteiger partial charge in [0.1, 0.15) is 37.6 Å². The van der Waals surface area contributed by atoms with E-state index in [1.54, 1.807) is 17.3 Å². The Balaban J connectivity index is 0.0000144. The molecule has 2 aliphatic rings. The molecule has 18 N–H and O–H groups in total. The molecule has 2 aromatic rings. The number of carbonyl (C=O) groups is 7. The van der Waals surface area contributed by atoms with E-state index in [-0.39, 0.29) is 87.1 Å². The summed E-state index contributed by atoms with van der Waals surface area (Å²) < 4.78 is 47.7. The lowest BCUT2D eigenvalue weighted by Gasteiger charge is -2.40. The Morgan fingerprint density at radius 1 is 0.644 bits per heavy atom. The molecule has 10 atom stereocenters. The van der Waals surface area contributed by atoms with Crippen LogP contribution in [-0.4, -0.2) is 285 Å². The van der Waals surface area contributed by atoms with Crippen molar-refractivity contribution in [3.05, 3.63) is 47.5 Å². The molecule has 0 aliphatic carbocycles. The molecule has 38 heteroatoms. The van der Waals surface area contributed by atoms with Crippen molar-refractivity contribution in [1.29, 1.82) is 0 Å². The van der Waals surface area contributed by atoms with Gasteiger partial charge in [-0.15, -0.1) is 10.2 Å². The van der Waals surface area contributed by atoms with E-state index >= 15 is 0 Å². The molecule has 0 unspecified atom stereocenters. The maximum Gasteiger partial charge on any atom is 0.370 e. The van der Waals surface area contributed by atoms with Gasteiger partial charge in [0.05, 0.1) is 115 Å². The number of amides is 5. The van der Waals surface area contributed by atoms with Crippen molar-refractivity contribution in [1.82, 2.24) is 56.2 Å². The van der Waals surface area contributed by atoms with Crippen molar-refractivity contribution in [3.63, 3.8) is 0 Å². The number of nitrogens with one attached hydrogen (secondary N) is 4. The van der Waals surface area contributed by atoms with E-state index in [9.17, 15) is 64.2 Å². The summed E-state index contributed by atoms with van der Waals surface area (Å²) in [6.45, 7) is 4.80. The highest BCUT2D eigenvalue weighted by Gasteiger charge is 2.47. The number of aliphatic carboxylic acids is 2. The number of aliphatic imine (C=N–C) groups is 2. The zero-order valence-electron chi connectivity index (χ0n) is 50.3. The standard InChI is InChI=1S/C52H85N17O21.2H2/c1-4-14-83-16-18-85-20-21-86-19-17-84-15-7-42(78)67(10-12-68-24-32(63-65-68)5-8-57-40(76)28-87-45(36(74)26-70)47-43(59-30(2)72)34(61-51(53)54)22-38(89-47)49(79)80)11-13-69-25-33(64-66-69)6-9-58-41(77)29-88-46(37(75)27-71)48-44(60-31(3)73)35(62-52(55)56)23-39(90-48)50(81)82;;/h22-25,34-37,43-48,70-71,74-75H,4-21,26-29H2,1-3H3,(H,57,76)(H,58,77)(H,59,72)(H,60,73)(H,79,80)(H,81,82)(H4,53,54,61)(H4,55,56,62);2*1H/t34-,35-,36+,37+,43+,44+,45+,46+,47+,48+;;/m0../s1. The van der Waals surface area contributed by atoms with Crippen molar-refractivity contribution in [3.8, 4) is 0 Å². The van der Waals surface area contributed by atoms with E-state index in [4.69, 9.17) is 60.8 Å². The fourth-order valence-electron chi connectivity index (χ4n) is 8.91. The van der Waals surface area contributed by atoms with Gasteiger partial charge in [-0.2, -0.15) is 0 Å². The molecule has 4 rings (SSSR count). The molecule has 2 aliphatic heterocycles. The van der Waals surface area contributed by atoms with Crippen LogP contribution in [-0.2, 0) is 97.4 Å². The lowest BCUT2D eigenvalue weighted by molar-refractivity contribution is -0.158. The predicted octanol–water partition coefficient (Wildman–Crippen LogP) is -7.42. The van der Waals surface area contributed by atoms with Crippen LogP contribution in [0, 0.1) is 0 Å². The van der Waals surface area contributed by atoms with Crippen molar-refractivity contribution in [2.45, 2.75) is 120 Å². The summed E-state index contributed by atoms with van der Waals surface area (Å²) in [7, 11) is 0. The van der Waals surface area contributed by atoms with E-state index in [0.717, 1.165) is 32.4 Å². The minimum absolute atomic E-state index is 0. The zero-order valence-corrected chi connectivity index (χ0v) is 50.3. The molecule has 0 fully saturated rings. The number of aromatic nitrogens is 6. The van der Waals surface area contributed by atoms with Crippen LogP contribution in [0.25, 0.3) is 0 Å². The summed E-state index contributed by atoms with van der Waals surface area (Å²) >= 11 is 0. The fourth-order valence-corrected chi connectivity index (χ4v) is 8.91. The lowest BCUT2D eigenvalue weighted by atomic mass is 9.92. The van der Waals surface area contributed by atoms with Crippen molar-refractivity contribution < 1.29 is 105 Å². The Hall–Kier alpha value is -8.21. The first kappa shape index (κ1) is 74.3. The number of carboxylic acids is 2. The Kier molecular flexibility index (Phi) is 32.8. The van der Waals surface area contributed by atoms with Gasteiger partial charge in [-0.1, -0.05) is 17.4 Å². The highest BCUT2D eigenvalue weighted by Crippen LogP contribution is 2.28. The third-order valence-corrected chi connectivity index (χ3v) is 13.0. The van der Waals surface area contributed by atoms with E-state index in [2.05, 4.69) is 51.9 Å². The first-order valence-corrected chi connectivity index (χ1v) is 28.7. The average molecular weight is 1290 g/mol. The van der Waals surface area contributed by atoms with Crippen LogP contribution >= 0.6 is 0 Å². The molecule has 508 valence electrons. The number of ether oxygens (including phenoxy) is 8. The molecule has 0 aromatic carbocycles.